The fourth-order valence-corrected chi connectivity index (χ4v) is 1.93. The summed E-state index contributed by atoms with van der Waals surface area (Å²) in [6, 6.07) is 4.22. The standard InChI is InChI=1S/C14H15N3O4/c1-10(2)16-9-15-6-12(16)8-21-14-5-11(7-18)3-4-13(14)17(19)20/h3-7,9-10H,8H2,1-2H3. The minimum atomic E-state index is -0.538. The van der Waals surface area contributed by atoms with Gasteiger partial charge in [-0.3, -0.25) is 14.9 Å². The summed E-state index contributed by atoms with van der Waals surface area (Å²) in [6.45, 7) is 4.14. The number of nitro benzene ring substituents is 1. The highest BCUT2D eigenvalue weighted by molar-refractivity contribution is 5.76. The number of carbonyl (C=O) groups is 1. The monoisotopic (exact) mass is 289 g/mol. The molecule has 0 unspecified atom stereocenters. The van der Waals surface area contributed by atoms with Crippen molar-refractivity contribution in [1.29, 1.82) is 0 Å². The van der Waals surface area contributed by atoms with Gasteiger partial charge in [-0.2, -0.15) is 0 Å². The Bertz CT molecular complexity index is 664. The van der Waals surface area contributed by atoms with Gasteiger partial charge in [-0.1, -0.05) is 0 Å². The van der Waals surface area contributed by atoms with E-state index in [4.69, 9.17) is 4.74 Å². The van der Waals surface area contributed by atoms with Crippen LogP contribution in [-0.4, -0.2) is 20.8 Å². The molecule has 0 radical (unpaired) electrons. The van der Waals surface area contributed by atoms with Crippen LogP contribution < -0.4 is 4.74 Å². The molecule has 0 saturated carbocycles. The number of hydrogen-bond donors (Lipinski definition) is 0. The van der Waals surface area contributed by atoms with E-state index in [1.807, 2.05) is 18.4 Å². The molecule has 0 amide bonds. The third-order valence-electron chi connectivity index (χ3n) is 2.99. The Morgan fingerprint density at radius 3 is 2.86 bits per heavy atom. The van der Waals surface area contributed by atoms with Gasteiger partial charge in [0.25, 0.3) is 0 Å². The first kappa shape index (κ1) is 14.7. The maximum atomic E-state index is 11.0. The molecule has 1 heterocycles. The summed E-state index contributed by atoms with van der Waals surface area (Å²) in [4.78, 5) is 25.3. The number of aromatic nitrogens is 2. The summed E-state index contributed by atoms with van der Waals surface area (Å²) in [7, 11) is 0. The second-order valence-electron chi connectivity index (χ2n) is 4.78. The van der Waals surface area contributed by atoms with Crippen molar-refractivity contribution < 1.29 is 14.5 Å². The average Bonchev–Trinajstić information content (AvgIpc) is 2.93. The lowest BCUT2D eigenvalue weighted by atomic mass is 10.2. The van der Waals surface area contributed by atoms with Crippen LogP contribution in [0.25, 0.3) is 0 Å². The van der Waals surface area contributed by atoms with Crippen molar-refractivity contribution in [3.63, 3.8) is 0 Å². The summed E-state index contributed by atoms with van der Waals surface area (Å²) < 4.78 is 7.43. The number of nitro groups is 1. The van der Waals surface area contributed by atoms with Gasteiger partial charge in [0.15, 0.2) is 5.75 Å². The fraction of sp³-hybridized carbons (Fsp3) is 0.286. The van der Waals surface area contributed by atoms with E-state index in [0.717, 1.165) is 5.69 Å². The number of rotatable bonds is 6. The van der Waals surface area contributed by atoms with Gasteiger partial charge in [0.05, 0.1) is 23.1 Å². The second kappa shape index (κ2) is 6.17. The Kier molecular flexibility index (Phi) is 4.32. The number of aldehydes is 1. The number of benzene rings is 1. The predicted molar refractivity (Wildman–Crippen MR) is 75.4 cm³/mol. The molecule has 1 aromatic carbocycles. The van der Waals surface area contributed by atoms with Crippen LogP contribution in [0, 0.1) is 10.1 Å². The van der Waals surface area contributed by atoms with Crippen LogP contribution in [0.15, 0.2) is 30.7 Å². The molecule has 0 atom stereocenters. The Balaban J connectivity index is 2.24. The summed E-state index contributed by atoms with van der Waals surface area (Å²) in [6.07, 6.45) is 3.95. The molecule has 0 aliphatic carbocycles. The van der Waals surface area contributed by atoms with E-state index in [1.54, 1.807) is 12.5 Å². The Labute approximate surface area is 121 Å². The topological polar surface area (TPSA) is 87.3 Å². The third-order valence-corrected chi connectivity index (χ3v) is 2.99. The molecular weight excluding hydrogens is 274 g/mol. The maximum absolute atomic E-state index is 11.0. The maximum Gasteiger partial charge on any atom is 0.310 e. The van der Waals surface area contributed by atoms with Crippen LogP contribution in [0.4, 0.5) is 5.69 Å². The molecule has 21 heavy (non-hydrogen) atoms. The first-order valence-electron chi connectivity index (χ1n) is 6.40. The molecule has 0 N–H and O–H groups in total. The smallest absolute Gasteiger partial charge is 0.310 e. The van der Waals surface area contributed by atoms with Crippen molar-refractivity contribution in [3.8, 4) is 5.75 Å². The molecule has 7 heteroatoms. The van der Waals surface area contributed by atoms with Crippen molar-refractivity contribution in [2.24, 2.45) is 0 Å². The van der Waals surface area contributed by atoms with Gasteiger partial charge in [0.1, 0.15) is 12.9 Å². The molecule has 0 fully saturated rings. The van der Waals surface area contributed by atoms with Crippen LogP contribution in [0.3, 0.4) is 0 Å². The van der Waals surface area contributed by atoms with Crippen molar-refractivity contribution in [3.05, 3.63) is 52.1 Å². The van der Waals surface area contributed by atoms with E-state index in [1.165, 1.54) is 18.2 Å². The molecule has 0 bridgehead atoms. The van der Waals surface area contributed by atoms with E-state index in [2.05, 4.69) is 4.98 Å². The van der Waals surface area contributed by atoms with Gasteiger partial charge in [-0.05, 0) is 26.0 Å². The van der Waals surface area contributed by atoms with E-state index >= 15 is 0 Å². The van der Waals surface area contributed by atoms with Gasteiger partial charge < -0.3 is 9.30 Å². The highest BCUT2D eigenvalue weighted by Gasteiger charge is 2.16. The zero-order valence-corrected chi connectivity index (χ0v) is 11.7. The number of ether oxygens (including phenoxy) is 1. The molecule has 2 rings (SSSR count). The second-order valence-corrected chi connectivity index (χ2v) is 4.78. The molecule has 0 saturated heterocycles. The average molecular weight is 289 g/mol. The van der Waals surface area contributed by atoms with E-state index in [9.17, 15) is 14.9 Å². The lowest BCUT2D eigenvalue weighted by Gasteiger charge is -2.12. The van der Waals surface area contributed by atoms with Gasteiger partial charge in [0.2, 0.25) is 0 Å². The highest BCUT2D eigenvalue weighted by Crippen LogP contribution is 2.28. The minimum Gasteiger partial charge on any atom is -0.480 e. The van der Waals surface area contributed by atoms with Crippen LogP contribution in [0.5, 0.6) is 5.75 Å². The number of hydrogen-bond acceptors (Lipinski definition) is 5. The summed E-state index contributed by atoms with van der Waals surface area (Å²) >= 11 is 0. The van der Waals surface area contributed by atoms with Gasteiger partial charge in [0, 0.05) is 17.7 Å². The molecule has 0 spiro atoms. The van der Waals surface area contributed by atoms with E-state index in [0.29, 0.717) is 11.8 Å². The fourth-order valence-electron chi connectivity index (χ4n) is 1.93. The normalized spacial score (nSPS) is 10.6. The Hall–Kier alpha value is -2.70. The number of carbonyl (C=O) groups excluding carboxylic acids is 1. The zero-order valence-electron chi connectivity index (χ0n) is 11.7. The molecule has 0 aliphatic rings. The van der Waals surface area contributed by atoms with Crippen LogP contribution in [0.2, 0.25) is 0 Å². The molecule has 110 valence electrons. The summed E-state index contributed by atoms with van der Waals surface area (Å²) in [5.41, 5.74) is 0.958. The highest BCUT2D eigenvalue weighted by atomic mass is 16.6. The van der Waals surface area contributed by atoms with Gasteiger partial charge in [-0.15, -0.1) is 0 Å². The first-order valence-corrected chi connectivity index (χ1v) is 6.40. The van der Waals surface area contributed by atoms with Gasteiger partial charge >= 0.3 is 5.69 Å². The summed E-state index contributed by atoms with van der Waals surface area (Å²) in [5.74, 6) is 0.0705. The molecule has 2 aromatic rings. The largest absolute Gasteiger partial charge is 0.480 e. The van der Waals surface area contributed by atoms with Crippen molar-refractivity contribution in [2.75, 3.05) is 0 Å². The minimum absolute atomic E-state index is 0.0705. The quantitative estimate of drug-likeness (QED) is 0.463. The Morgan fingerprint density at radius 2 is 2.24 bits per heavy atom. The Morgan fingerprint density at radius 1 is 1.48 bits per heavy atom. The lowest BCUT2D eigenvalue weighted by Crippen LogP contribution is -2.08. The third kappa shape index (κ3) is 3.25. The lowest BCUT2D eigenvalue weighted by molar-refractivity contribution is -0.386. The molecule has 1 aromatic heterocycles. The van der Waals surface area contributed by atoms with E-state index in [-0.39, 0.29) is 24.1 Å². The van der Waals surface area contributed by atoms with Crippen LogP contribution in [0.1, 0.15) is 35.9 Å². The number of nitrogens with zero attached hydrogens (tertiary/aromatic N) is 3. The SMILES string of the molecule is CC(C)n1cncc1COc1cc(C=O)ccc1[N+](=O)[O-]. The molecule has 0 aliphatic heterocycles. The van der Waals surface area contributed by atoms with Crippen LogP contribution in [-0.2, 0) is 6.61 Å². The first-order chi connectivity index (χ1) is 10.0. The number of imidazole rings is 1. The predicted octanol–water partition coefficient (Wildman–Crippen LogP) is 2.76. The van der Waals surface area contributed by atoms with Crippen molar-refractivity contribution >= 4 is 12.0 Å². The molecular formula is C14H15N3O4. The van der Waals surface area contributed by atoms with Crippen LogP contribution >= 0.6 is 0 Å². The van der Waals surface area contributed by atoms with Crippen molar-refractivity contribution in [1.82, 2.24) is 9.55 Å². The zero-order chi connectivity index (χ0) is 15.4. The molecule has 7 nitrogen and oxygen atoms in total. The summed E-state index contributed by atoms with van der Waals surface area (Å²) in [5, 5.41) is 11.0. The van der Waals surface area contributed by atoms with E-state index < -0.39 is 4.92 Å². The van der Waals surface area contributed by atoms with Gasteiger partial charge in [-0.25, -0.2) is 4.98 Å². The van der Waals surface area contributed by atoms with Crippen molar-refractivity contribution in [2.45, 2.75) is 26.5 Å².